The maximum atomic E-state index is 5.83. The number of benzene rings is 2. The number of nitrogens with zero attached hydrogens (tertiary/aromatic N) is 5. The van der Waals surface area contributed by atoms with E-state index in [-0.39, 0.29) is 0 Å². The molecule has 38 heavy (non-hydrogen) atoms. The van der Waals surface area contributed by atoms with Gasteiger partial charge in [0, 0.05) is 49.4 Å². The lowest BCUT2D eigenvalue weighted by atomic mass is 9.93. The van der Waals surface area contributed by atoms with Crippen LogP contribution in [0.3, 0.4) is 0 Å². The molecule has 196 valence electrons. The normalized spacial score (nSPS) is 13.1. The largest absolute Gasteiger partial charge is 0.492 e. The van der Waals surface area contributed by atoms with Crippen molar-refractivity contribution in [2.24, 2.45) is 12.8 Å². The fourth-order valence-corrected chi connectivity index (χ4v) is 4.65. The van der Waals surface area contributed by atoms with Crippen molar-refractivity contribution in [3.05, 3.63) is 73.2 Å². The number of fused-ring (bicyclic) bond motifs is 1. The molecule has 3 N–H and O–H groups in total. The molecule has 0 radical (unpaired) electrons. The van der Waals surface area contributed by atoms with E-state index in [0.717, 1.165) is 58.0 Å². The molecule has 0 atom stereocenters. The molecular formula is C30H35N7O. The first-order valence-electron chi connectivity index (χ1n) is 13.4. The third-order valence-corrected chi connectivity index (χ3v) is 6.69. The van der Waals surface area contributed by atoms with Crippen molar-refractivity contribution in [2.75, 3.05) is 18.5 Å². The van der Waals surface area contributed by atoms with Crippen LogP contribution in [0.5, 0.6) is 5.75 Å². The molecule has 1 aliphatic carbocycles. The maximum Gasteiger partial charge on any atom is 0.218 e. The van der Waals surface area contributed by atoms with E-state index in [2.05, 4.69) is 52.9 Å². The van der Waals surface area contributed by atoms with Gasteiger partial charge in [0.1, 0.15) is 17.9 Å². The first-order chi connectivity index (χ1) is 18.7. The van der Waals surface area contributed by atoms with E-state index in [9.17, 15) is 0 Å². The molecule has 6 rings (SSSR count). The van der Waals surface area contributed by atoms with Gasteiger partial charge < -0.3 is 20.4 Å². The van der Waals surface area contributed by atoms with Gasteiger partial charge in [-0.1, -0.05) is 56.3 Å². The third kappa shape index (κ3) is 4.99. The van der Waals surface area contributed by atoms with Crippen molar-refractivity contribution >= 4 is 11.3 Å². The van der Waals surface area contributed by atoms with Crippen molar-refractivity contribution in [3.8, 4) is 39.7 Å². The topological polar surface area (TPSA) is 95.3 Å². The van der Waals surface area contributed by atoms with Crippen LogP contribution in [0.15, 0.2) is 73.2 Å². The highest BCUT2D eigenvalue weighted by molar-refractivity contribution is 5.99. The van der Waals surface area contributed by atoms with Crippen molar-refractivity contribution in [3.63, 3.8) is 0 Å². The highest BCUT2D eigenvalue weighted by atomic mass is 16.5. The molecular weight excluding hydrogens is 474 g/mol. The van der Waals surface area contributed by atoms with Crippen LogP contribution in [-0.2, 0) is 7.05 Å². The predicted molar refractivity (Wildman–Crippen MR) is 153 cm³/mol. The van der Waals surface area contributed by atoms with Crippen LogP contribution in [0.1, 0.15) is 33.1 Å². The van der Waals surface area contributed by atoms with E-state index in [1.807, 2.05) is 54.4 Å². The zero-order chi connectivity index (χ0) is 26.5. The first-order valence-corrected chi connectivity index (χ1v) is 13.4. The van der Waals surface area contributed by atoms with E-state index in [4.69, 9.17) is 20.6 Å². The molecule has 0 aliphatic heterocycles. The SMILES string of the molecule is CC.Cn1ccnc1-c1nc(NC2CCC2)c2c(-c3ccccc3)c(-c3cccc(OCCN)c3)cn2n1. The molecule has 1 aliphatic rings. The van der Waals surface area contributed by atoms with Gasteiger partial charge in [-0.15, -0.1) is 5.10 Å². The number of anilines is 1. The number of imidazole rings is 1. The average molecular weight is 510 g/mol. The second-order valence-corrected chi connectivity index (χ2v) is 9.16. The number of nitrogens with one attached hydrogen (secondary N) is 1. The summed E-state index contributed by atoms with van der Waals surface area (Å²) in [5.41, 5.74) is 10.9. The summed E-state index contributed by atoms with van der Waals surface area (Å²) in [6.07, 6.45) is 9.28. The minimum atomic E-state index is 0.410. The summed E-state index contributed by atoms with van der Waals surface area (Å²) in [7, 11) is 1.96. The summed E-state index contributed by atoms with van der Waals surface area (Å²) >= 11 is 0. The highest BCUT2D eigenvalue weighted by Gasteiger charge is 2.25. The Hall–Kier alpha value is -4.17. The molecule has 3 heterocycles. The minimum Gasteiger partial charge on any atom is -0.492 e. The Kier molecular flexibility index (Phi) is 7.70. The number of ether oxygens (including phenoxy) is 1. The molecule has 2 aromatic carbocycles. The van der Waals surface area contributed by atoms with E-state index in [1.165, 1.54) is 6.42 Å². The van der Waals surface area contributed by atoms with Gasteiger partial charge in [0.05, 0.1) is 0 Å². The van der Waals surface area contributed by atoms with Gasteiger partial charge >= 0.3 is 0 Å². The summed E-state index contributed by atoms with van der Waals surface area (Å²) in [4.78, 5) is 9.52. The van der Waals surface area contributed by atoms with E-state index < -0.39 is 0 Å². The zero-order valence-corrected chi connectivity index (χ0v) is 22.3. The highest BCUT2D eigenvalue weighted by Crippen LogP contribution is 2.41. The maximum absolute atomic E-state index is 5.83. The Morgan fingerprint density at radius 2 is 1.84 bits per heavy atom. The number of aromatic nitrogens is 5. The van der Waals surface area contributed by atoms with Crippen LogP contribution in [0.2, 0.25) is 0 Å². The Labute approximate surface area is 223 Å². The molecule has 0 bridgehead atoms. The lowest BCUT2D eigenvalue weighted by Gasteiger charge is -2.27. The lowest BCUT2D eigenvalue weighted by Crippen LogP contribution is -2.28. The zero-order valence-electron chi connectivity index (χ0n) is 22.3. The molecule has 0 spiro atoms. The summed E-state index contributed by atoms with van der Waals surface area (Å²) < 4.78 is 9.72. The van der Waals surface area contributed by atoms with Crippen LogP contribution in [0.4, 0.5) is 5.82 Å². The molecule has 0 saturated heterocycles. The summed E-state index contributed by atoms with van der Waals surface area (Å²) in [5.74, 6) is 2.92. The van der Waals surface area contributed by atoms with Gasteiger partial charge in [0.15, 0.2) is 11.6 Å². The van der Waals surface area contributed by atoms with Gasteiger partial charge in [-0.05, 0) is 42.5 Å². The number of rotatable bonds is 8. The van der Waals surface area contributed by atoms with E-state index in [0.29, 0.717) is 25.0 Å². The second-order valence-electron chi connectivity index (χ2n) is 9.16. The fourth-order valence-electron chi connectivity index (χ4n) is 4.65. The van der Waals surface area contributed by atoms with Gasteiger partial charge in [-0.25, -0.2) is 14.5 Å². The van der Waals surface area contributed by atoms with Gasteiger partial charge in [0.25, 0.3) is 0 Å². The Morgan fingerprint density at radius 1 is 1.05 bits per heavy atom. The quantitative estimate of drug-likeness (QED) is 0.275. The summed E-state index contributed by atoms with van der Waals surface area (Å²) in [6, 6.07) is 19.0. The van der Waals surface area contributed by atoms with Crippen LogP contribution >= 0.6 is 0 Å². The smallest absolute Gasteiger partial charge is 0.218 e. The molecule has 1 fully saturated rings. The molecule has 5 aromatic rings. The van der Waals surface area contributed by atoms with Gasteiger partial charge in [-0.2, -0.15) is 0 Å². The lowest BCUT2D eigenvalue weighted by molar-refractivity contribution is 0.328. The molecule has 8 heteroatoms. The van der Waals surface area contributed by atoms with Crippen LogP contribution < -0.4 is 15.8 Å². The van der Waals surface area contributed by atoms with Crippen LogP contribution in [0, 0.1) is 0 Å². The third-order valence-electron chi connectivity index (χ3n) is 6.69. The van der Waals surface area contributed by atoms with Crippen molar-refractivity contribution in [1.29, 1.82) is 0 Å². The number of hydrogen-bond acceptors (Lipinski definition) is 6. The van der Waals surface area contributed by atoms with Crippen molar-refractivity contribution in [2.45, 2.75) is 39.2 Å². The van der Waals surface area contributed by atoms with Crippen molar-refractivity contribution in [1.82, 2.24) is 24.1 Å². The predicted octanol–water partition coefficient (Wildman–Crippen LogP) is 5.79. The first kappa shape index (κ1) is 25.5. The Balaban J connectivity index is 0.00000144. The number of nitrogens with two attached hydrogens (primary N) is 1. The van der Waals surface area contributed by atoms with Gasteiger partial charge in [-0.3, -0.25) is 0 Å². The van der Waals surface area contributed by atoms with Gasteiger partial charge in [0.2, 0.25) is 5.82 Å². The second kappa shape index (κ2) is 11.5. The minimum absolute atomic E-state index is 0.410. The molecule has 3 aromatic heterocycles. The fraction of sp³-hybridized carbons (Fsp3) is 0.300. The van der Waals surface area contributed by atoms with Crippen LogP contribution in [0.25, 0.3) is 39.4 Å². The molecule has 0 amide bonds. The van der Waals surface area contributed by atoms with Crippen molar-refractivity contribution < 1.29 is 4.74 Å². The number of aryl methyl sites for hydroxylation is 1. The summed E-state index contributed by atoms with van der Waals surface area (Å²) in [6.45, 7) is 4.94. The molecule has 1 saturated carbocycles. The standard InChI is InChI=1S/C28H29N7O.C2H6/c1-34-15-14-30-28(34)27-32-26(31-21-10-6-11-21)25-24(19-7-3-2-4-8-19)23(18-35(25)33-27)20-9-5-12-22(17-20)36-16-13-29;1-2/h2-5,7-9,12,14-15,17-18,21H,6,10-11,13,16,29H2,1H3,(H,31,32,33);1-2H3. The molecule has 0 unspecified atom stereocenters. The van der Waals surface area contributed by atoms with E-state index >= 15 is 0 Å². The number of hydrogen-bond donors (Lipinski definition) is 2. The Bertz CT molecular complexity index is 1500. The van der Waals surface area contributed by atoms with E-state index in [1.54, 1.807) is 6.20 Å². The summed E-state index contributed by atoms with van der Waals surface area (Å²) in [5, 5.41) is 8.64. The Morgan fingerprint density at radius 3 is 2.53 bits per heavy atom. The monoisotopic (exact) mass is 509 g/mol. The van der Waals surface area contributed by atoms with Crippen LogP contribution in [-0.4, -0.2) is 43.3 Å². The average Bonchev–Trinajstić information content (AvgIpc) is 3.55. The molecule has 8 nitrogen and oxygen atoms in total.